The lowest BCUT2D eigenvalue weighted by Crippen LogP contribution is -2.30. The molecule has 1 amide bonds. The zero-order chi connectivity index (χ0) is 11.1. The maximum Gasteiger partial charge on any atom is 0.261 e. The fourth-order valence-electron chi connectivity index (χ4n) is 1.22. The van der Waals surface area contributed by atoms with Crippen LogP contribution in [0, 0.1) is 17.2 Å². The van der Waals surface area contributed by atoms with Crippen LogP contribution in [0.1, 0.15) is 5.56 Å². The number of carbonyl (C=O) groups is 1. The van der Waals surface area contributed by atoms with E-state index in [4.69, 9.17) is 5.26 Å². The topological polar surface area (TPSA) is 62.1 Å². The molecule has 0 bridgehead atoms. The van der Waals surface area contributed by atoms with Crippen molar-refractivity contribution in [2.24, 2.45) is 5.92 Å². The van der Waals surface area contributed by atoms with Gasteiger partial charge >= 0.3 is 0 Å². The molecule has 1 N–H and O–H groups in total. The maximum absolute atomic E-state index is 11.3. The third-order valence-electron chi connectivity index (χ3n) is 1.96. The first-order chi connectivity index (χ1) is 7.27. The Labute approximate surface area is 88.4 Å². The molecule has 0 saturated carbocycles. The Morgan fingerprint density at radius 2 is 2.20 bits per heavy atom. The zero-order valence-electron chi connectivity index (χ0n) is 8.43. The third kappa shape index (κ3) is 3.41. The molecule has 0 radical (unpaired) electrons. The van der Waals surface area contributed by atoms with Crippen molar-refractivity contribution in [2.75, 3.05) is 7.11 Å². The van der Waals surface area contributed by atoms with E-state index >= 15 is 0 Å². The van der Waals surface area contributed by atoms with Gasteiger partial charge in [-0.15, -0.1) is 0 Å². The molecule has 0 spiro atoms. The first-order valence-corrected chi connectivity index (χ1v) is 4.54. The molecule has 0 heterocycles. The van der Waals surface area contributed by atoms with Crippen LogP contribution in [-0.2, 0) is 16.1 Å². The van der Waals surface area contributed by atoms with Gasteiger partial charge in [0.2, 0.25) is 0 Å². The highest BCUT2D eigenvalue weighted by atomic mass is 16.6. The summed E-state index contributed by atoms with van der Waals surface area (Å²) in [5.74, 6) is -1.13. The van der Waals surface area contributed by atoms with Gasteiger partial charge < -0.3 is 0 Å². The molecule has 1 aromatic rings. The summed E-state index contributed by atoms with van der Waals surface area (Å²) in [5.41, 5.74) is 3.11. The van der Waals surface area contributed by atoms with Crippen molar-refractivity contribution in [3.05, 3.63) is 35.9 Å². The molecule has 15 heavy (non-hydrogen) atoms. The summed E-state index contributed by atoms with van der Waals surface area (Å²) in [6.45, 7) is 0. The smallest absolute Gasteiger partial charge is 0.261 e. The van der Waals surface area contributed by atoms with E-state index in [1.165, 1.54) is 7.11 Å². The lowest BCUT2D eigenvalue weighted by Gasteiger charge is -2.08. The molecule has 0 saturated heterocycles. The van der Waals surface area contributed by atoms with Crippen molar-refractivity contribution < 1.29 is 9.63 Å². The van der Waals surface area contributed by atoms with Crippen molar-refractivity contribution in [2.45, 2.75) is 6.42 Å². The second kappa shape index (κ2) is 5.78. The van der Waals surface area contributed by atoms with Crippen molar-refractivity contribution in [1.82, 2.24) is 5.48 Å². The summed E-state index contributed by atoms with van der Waals surface area (Å²) in [5, 5.41) is 8.82. The Hall–Kier alpha value is -1.86. The van der Waals surface area contributed by atoms with Gasteiger partial charge in [0.05, 0.1) is 13.2 Å². The number of carbonyl (C=O) groups excluding carboxylic acids is 1. The van der Waals surface area contributed by atoms with Crippen molar-refractivity contribution >= 4 is 5.91 Å². The molecular formula is C11H12N2O2. The number of rotatable bonds is 4. The van der Waals surface area contributed by atoms with Gasteiger partial charge in [0.25, 0.3) is 5.91 Å². The van der Waals surface area contributed by atoms with Gasteiger partial charge in [0, 0.05) is 0 Å². The fourth-order valence-corrected chi connectivity index (χ4v) is 1.22. The van der Waals surface area contributed by atoms with Crippen LogP contribution in [0.25, 0.3) is 0 Å². The first-order valence-electron chi connectivity index (χ1n) is 4.54. The number of nitrogens with one attached hydrogen (secondary N) is 1. The number of hydrogen-bond acceptors (Lipinski definition) is 3. The molecule has 0 aliphatic carbocycles. The van der Waals surface area contributed by atoms with E-state index in [1.54, 1.807) is 0 Å². The molecule has 0 aliphatic heterocycles. The first kappa shape index (κ1) is 11.2. The maximum atomic E-state index is 11.3. The zero-order valence-corrected chi connectivity index (χ0v) is 8.43. The van der Waals surface area contributed by atoms with Gasteiger partial charge in [-0.3, -0.25) is 9.63 Å². The Morgan fingerprint density at radius 3 is 2.73 bits per heavy atom. The standard InChI is InChI=1S/C11H12N2O2/c1-15-13-11(14)10(8-12)7-9-5-3-2-4-6-9/h2-6,10H,7H2,1H3,(H,13,14). The van der Waals surface area contributed by atoms with Crippen LogP contribution in [-0.4, -0.2) is 13.0 Å². The van der Waals surface area contributed by atoms with Crippen molar-refractivity contribution in [3.8, 4) is 6.07 Å². The number of nitriles is 1. The number of nitrogens with zero attached hydrogens (tertiary/aromatic N) is 1. The summed E-state index contributed by atoms with van der Waals surface area (Å²) in [7, 11) is 1.34. The summed E-state index contributed by atoms with van der Waals surface area (Å²) >= 11 is 0. The van der Waals surface area contributed by atoms with E-state index in [-0.39, 0.29) is 0 Å². The van der Waals surface area contributed by atoms with Crippen LogP contribution >= 0.6 is 0 Å². The van der Waals surface area contributed by atoms with Crippen LogP contribution in [0.2, 0.25) is 0 Å². The molecule has 0 aromatic heterocycles. The quantitative estimate of drug-likeness (QED) is 0.745. The van der Waals surface area contributed by atoms with E-state index in [1.807, 2.05) is 36.4 Å². The highest BCUT2D eigenvalue weighted by Gasteiger charge is 2.17. The summed E-state index contributed by atoms with van der Waals surface area (Å²) in [6.07, 6.45) is 0.395. The van der Waals surface area contributed by atoms with Gasteiger partial charge in [-0.05, 0) is 12.0 Å². The van der Waals surface area contributed by atoms with Gasteiger partial charge in [0.15, 0.2) is 0 Å². The highest BCUT2D eigenvalue weighted by Crippen LogP contribution is 2.07. The normalized spacial score (nSPS) is 11.5. The van der Waals surface area contributed by atoms with Gasteiger partial charge in [-0.1, -0.05) is 30.3 Å². The SMILES string of the molecule is CONC(=O)C(C#N)Cc1ccccc1. The summed E-state index contributed by atoms with van der Waals surface area (Å²) < 4.78 is 0. The summed E-state index contributed by atoms with van der Waals surface area (Å²) in [4.78, 5) is 15.8. The van der Waals surface area contributed by atoms with Gasteiger partial charge in [-0.25, -0.2) is 5.48 Å². The molecule has 1 rings (SSSR count). The molecule has 0 aliphatic rings. The van der Waals surface area contributed by atoms with Crippen LogP contribution in [0.15, 0.2) is 30.3 Å². The fraction of sp³-hybridized carbons (Fsp3) is 0.273. The predicted molar refractivity (Wildman–Crippen MR) is 54.4 cm³/mol. The highest BCUT2D eigenvalue weighted by molar-refractivity contribution is 5.80. The number of amides is 1. The van der Waals surface area contributed by atoms with Crippen LogP contribution in [0.5, 0.6) is 0 Å². The summed E-state index contributed by atoms with van der Waals surface area (Å²) in [6, 6.07) is 11.3. The number of hydrogen-bond donors (Lipinski definition) is 1. The molecule has 78 valence electrons. The Balaban J connectivity index is 2.63. The average Bonchev–Trinajstić information content (AvgIpc) is 2.27. The molecule has 1 atom stereocenters. The minimum Gasteiger partial charge on any atom is -0.277 e. The average molecular weight is 204 g/mol. The molecule has 0 fully saturated rings. The van der Waals surface area contributed by atoms with Gasteiger partial charge in [0.1, 0.15) is 5.92 Å². The molecule has 1 unspecified atom stereocenters. The molecular weight excluding hydrogens is 192 g/mol. The molecule has 4 heteroatoms. The molecule has 4 nitrogen and oxygen atoms in total. The second-order valence-corrected chi connectivity index (χ2v) is 3.04. The van der Waals surface area contributed by atoms with E-state index in [0.29, 0.717) is 6.42 Å². The lowest BCUT2D eigenvalue weighted by molar-refractivity contribution is -0.133. The molecule has 1 aromatic carbocycles. The van der Waals surface area contributed by atoms with E-state index in [0.717, 1.165) is 5.56 Å². The minimum atomic E-state index is -0.715. The van der Waals surface area contributed by atoms with E-state index in [2.05, 4.69) is 10.3 Å². The Kier molecular flexibility index (Phi) is 4.32. The lowest BCUT2D eigenvalue weighted by atomic mass is 10.0. The monoisotopic (exact) mass is 204 g/mol. The predicted octanol–water partition coefficient (Wildman–Crippen LogP) is 1.05. The van der Waals surface area contributed by atoms with Crippen LogP contribution in [0.3, 0.4) is 0 Å². The van der Waals surface area contributed by atoms with Crippen LogP contribution < -0.4 is 5.48 Å². The van der Waals surface area contributed by atoms with Crippen LogP contribution in [0.4, 0.5) is 0 Å². The van der Waals surface area contributed by atoms with Crippen molar-refractivity contribution in [3.63, 3.8) is 0 Å². The van der Waals surface area contributed by atoms with Crippen molar-refractivity contribution in [1.29, 1.82) is 5.26 Å². The number of benzene rings is 1. The van der Waals surface area contributed by atoms with Gasteiger partial charge in [-0.2, -0.15) is 5.26 Å². The number of hydroxylamine groups is 1. The Morgan fingerprint density at radius 1 is 1.53 bits per heavy atom. The largest absolute Gasteiger partial charge is 0.277 e. The third-order valence-corrected chi connectivity index (χ3v) is 1.96. The van der Waals surface area contributed by atoms with E-state index in [9.17, 15) is 4.79 Å². The minimum absolute atomic E-state index is 0.395. The second-order valence-electron chi connectivity index (χ2n) is 3.04. The Bertz CT molecular complexity index is 357. The van der Waals surface area contributed by atoms with E-state index < -0.39 is 11.8 Å².